The van der Waals surface area contributed by atoms with Gasteiger partial charge in [-0.15, -0.1) is 0 Å². The van der Waals surface area contributed by atoms with Gasteiger partial charge in [-0.2, -0.15) is 0 Å². The van der Waals surface area contributed by atoms with E-state index in [4.69, 9.17) is 14.2 Å². The Labute approximate surface area is 207 Å². The predicted molar refractivity (Wildman–Crippen MR) is 133 cm³/mol. The Hall–Kier alpha value is -3.52. The van der Waals surface area contributed by atoms with Gasteiger partial charge in [0.25, 0.3) is 11.8 Å². The SMILES string of the molecule is CC(C)c1ccc(OCC(=O)NNC(=O)c2cccc(OCCOc3ccccc3)c2)c(Br)c1. The van der Waals surface area contributed by atoms with Crippen molar-refractivity contribution in [3.05, 3.63) is 88.4 Å². The van der Waals surface area contributed by atoms with Crippen molar-refractivity contribution in [2.45, 2.75) is 19.8 Å². The number of carbonyl (C=O) groups is 2. The van der Waals surface area contributed by atoms with E-state index in [1.165, 1.54) is 0 Å². The molecule has 2 N–H and O–H groups in total. The lowest BCUT2D eigenvalue weighted by molar-refractivity contribution is -0.123. The van der Waals surface area contributed by atoms with Gasteiger partial charge in [0.15, 0.2) is 6.61 Å². The van der Waals surface area contributed by atoms with E-state index in [-0.39, 0.29) is 6.61 Å². The van der Waals surface area contributed by atoms with Gasteiger partial charge in [0, 0.05) is 5.56 Å². The van der Waals surface area contributed by atoms with Gasteiger partial charge in [-0.25, -0.2) is 0 Å². The van der Waals surface area contributed by atoms with Crippen molar-refractivity contribution < 1.29 is 23.8 Å². The first-order valence-corrected chi connectivity index (χ1v) is 11.6. The molecule has 34 heavy (non-hydrogen) atoms. The third-order valence-corrected chi connectivity index (χ3v) is 5.38. The smallest absolute Gasteiger partial charge is 0.276 e. The lowest BCUT2D eigenvalue weighted by Gasteiger charge is -2.12. The maximum Gasteiger partial charge on any atom is 0.276 e. The number of amides is 2. The highest BCUT2D eigenvalue weighted by Gasteiger charge is 2.11. The Morgan fingerprint density at radius 2 is 1.53 bits per heavy atom. The zero-order valence-corrected chi connectivity index (χ0v) is 20.6. The number of benzene rings is 3. The van der Waals surface area contributed by atoms with Crippen LogP contribution in [0.5, 0.6) is 17.2 Å². The van der Waals surface area contributed by atoms with Crippen LogP contribution in [0.25, 0.3) is 0 Å². The number of ether oxygens (including phenoxy) is 3. The topological polar surface area (TPSA) is 85.9 Å². The second-order valence-electron chi connectivity index (χ2n) is 7.67. The fourth-order valence-corrected chi connectivity index (χ4v) is 3.45. The summed E-state index contributed by atoms with van der Waals surface area (Å²) < 4.78 is 17.5. The molecule has 0 saturated heterocycles. The molecule has 3 aromatic carbocycles. The molecular weight excluding hydrogens is 500 g/mol. The molecule has 2 amide bonds. The second-order valence-corrected chi connectivity index (χ2v) is 8.53. The fourth-order valence-electron chi connectivity index (χ4n) is 2.93. The van der Waals surface area contributed by atoms with Crippen LogP contribution < -0.4 is 25.1 Å². The zero-order chi connectivity index (χ0) is 24.3. The number of para-hydroxylation sites is 1. The average Bonchev–Trinajstić information content (AvgIpc) is 2.85. The van der Waals surface area contributed by atoms with Gasteiger partial charge in [0.05, 0.1) is 4.47 Å². The molecular formula is C26H27BrN2O5. The van der Waals surface area contributed by atoms with Crippen molar-refractivity contribution in [1.82, 2.24) is 10.9 Å². The fraction of sp³-hybridized carbons (Fsp3) is 0.231. The van der Waals surface area contributed by atoms with Gasteiger partial charge in [0.1, 0.15) is 30.5 Å². The van der Waals surface area contributed by atoms with Gasteiger partial charge in [-0.3, -0.25) is 20.4 Å². The van der Waals surface area contributed by atoms with Gasteiger partial charge in [0.2, 0.25) is 0 Å². The van der Waals surface area contributed by atoms with Crippen LogP contribution in [0.15, 0.2) is 77.3 Å². The first-order valence-electron chi connectivity index (χ1n) is 10.8. The largest absolute Gasteiger partial charge is 0.490 e. The lowest BCUT2D eigenvalue weighted by atomic mass is 10.0. The molecule has 0 atom stereocenters. The van der Waals surface area contributed by atoms with E-state index in [0.29, 0.717) is 36.2 Å². The summed E-state index contributed by atoms with van der Waals surface area (Å²) in [6.07, 6.45) is 0. The third-order valence-electron chi connectivity index (χ3n) is 4.76. The van der Waals surface area contributed by atoms with Crippen molar-refractivity contribution in [2.75, 3.05) is 19.8 Å². The molecule has 0 fully saturated rings. The molecule has 0 aliphatic heterocycles. The van der Waals surface area contributed by atoms with Crippen LogP contribution >= 0.6 is 15.9 Å². The first kappa shape index (κ1) is 25.1. The minimum absolute atomic E-state index is 0.246. The number of hydrogen-bond donors (Lipinski definition) is 2. The first-order chi connectivity index (χ1) is 16.4. The summed E-state index contributed by atoms with van der Waals surface area (Å²) in [6, 6.07) is 21.8. The van der Waals surface area contributed by atoms with E-state index in [9.17, 15) is 9.59 Å². The number of nitrogens with one attached hydrogen (secondary N) is 2. The minimum Gasteiger partial charge on any atom is -0.490 e. The second kappa shape index (κ2) is 12.6. The van der Waals surface area contributed by atoms with Crippen molar-refractivity contribution in [3.63, 3.8) is 0 Å². The summed E-state index contributed by atoms with van der Waals surface area (Å²) in [5.41, 5.74) is 6.23. The monoisotopic (exact) mass is 526 g/mol. The normalized spacial score (nSPS) is 10.5. The van der Waals surface area contributed by atoms with Crippen LogP contribution in [0.4, 0.5) is 0 Å². The average molecular weight is 527 g/mol. The minimum atomic E-state index is -0.487. The van der Waals surface area contributed by atoms with Crippen LogP contribution in [0.3, 0.4) is 0 Å². The molecule has 7 nitrogen and oxygen atoms in total. The van der Waals surface area contributed by atoms with Crippen LogP contribution in [-0.2, 0) is 4.79 Å². The van der Waals surface area contributed by atoms with Crippen LogP contribution in [0.1, 0.15) is 35.7 Å². The number of rotatable bonds is 10. The molecule has 0 aliphatic rings. The molecule has 0 spiro atoms. The van der Waals surface area contributed by atoms with Crippen LogP contribution in [0, 0.1) is 0 Å². The van der Waals surface area contributed by atoms with E-state index in [0.717, 1.165) is 15.8 Å². The summed E-state index contributed by atoms with van der Waals surface area (Å²) in [5.74, 6) is 1.26. The van der Waals surface area contributed by atoms with E-state index in [1.807, 2.05) is 48.5 Å². The molecule has 0 radical (unpaired) electrons. The zero-order valence-electron chi connectivity index (χ0n) is 19.0. The van der Waals surface area contributed by atoms with Gasteiger partial charge in [-0.1, -0.05) is 44.2 Å². The molecule has 0 aliphatic carbocycles. The van der Waals surface area contributed by atoms with Gasteiger partial charge < -0.3 is 14.2 Å². The summed E-state index contributed by atoms with van der Waals surface area (Å²) in [7, 11) is 0. The van der Waals surface area contributed by atoms with Gasteiger partial charge in [-0.05, 0) is 69.9 Å². The van der Waals surface area contributed by atoms with E-state index < -0.39 is 11.8 Å². The number of halogens is 1. The maximum atomic E-state index is 12.4. The third kappa shape index (κ3) is 7.81. The number of hydrazine groups is 1. The molecule has 0 saturated carbocycles. The molecule has 3 rings (SSSR count). The van der Waals surface area contributed by atoms with Crippen molar-refractivity contribution in [2.24, 2.45) is 0 Å². The van der Waals surface area contributed by atoms with Crippen molar-refractivity contribution in [3.8, 4) is 17.2 Å². The maximum absolute atomic E-state index is 12.4. The Kier molecular flexibility index (Phi) is 9.34. The molecule has 8 heteroatoms. The molecule has 0 unspecified atom stereocenters. The van der Waals surface area contributed by atoms with Crippen molar-refractivity contribution in [1.29, 1.82) is 0 Å². The summed E-state index contributed by atoms with van der Waals surface area (Å²) in [6.45, 7) is 4.64. The summed E-state index contributed by atoms with van der Waals surface area (Å²) in [4.78, 5) is 24.5. The van der Waals surface area contributed by atoms with Crippen LogP contribution in [0.2, 0.25) is 0 Å². The highest BCUT2D eigenvalue weighted by Crippen LogP contribution is 2.28. The molecule has 0 heterocycles. The molecule has 0 aromatic heterocycles. The summed E-state index contributed by atoms with van der Waals surface area (Å²) >= 11 is 3.45. The predicted octanol–water partition coefficient (Wildman–Crippen LogP) is 4.87. The lowest BCUT2D eigenvalue weighted by Crippen LogP contribution is -2.43. The highest BCUT2D eigenvalue weighted by molar-refractivity contribution is 9.10. The summed E-state index contributed by atoms with van der Waals surface area (Å²) in [5, 5.41) is 0. The van der Waals surface area contributed by atoms with E-state index >= 15 is 0 Å². The van der Waals surface area contributed by atoms with Crippen LogP contribution in [-0.4, -0.2) is 31.6 Å². The van der Waals surface area contributed by atoms with Crippen molar-refractivity contribution >= 4 is 27.7 Å². The quantitative estimate of drug-likeness (QED) is 0.290. The highest BCUT2D eigenvalue weighted by atomic mass is 79.9. The molecule has 178 valence electrons. The van der Waals surface area contributed by atoms with E-state index in [2.05, 4.69) is 40.6 Å². The Balaban J connectivity index is 1.41. The Bertz CT molecular complexity index is 1110. The van der Waals surface area contributed by atoms with E-state index in [1.54, 1.807) is 24.3 Å². The Morgan fingerprint density at radius 3 is 2.24 bits per heavy atom. The van der Waals surface area contributed by atoms with Gasteiger partial charge >= 0.3 is 0 Å². The molecule has 0 bridgehead atoms. The number of carbonyl (C=O) groups excluding carboxylic acids is 2. The standard InChI is InChI=1S/C26H27BrN2O5/c1-18(2)19-11-12-24(23(27)16-19)34-17-25(30)28-29-26(31)20-7-6-10-22(15-20)33-14-13-32-21-8-4-3-5-9-21/h3-12,15-16,18H,13-14,17H2,1-2H3,(H,28,30)(H,29,31). The number of hydrogen-bond acceptors (Lipinski definition) is 5. The Morgan fingerprint density at radius 1 is 0.824 bits per heavy atom. The molecule has 3 aromatic rings.